The van der Waals surface area contributed by atoms with Crippen molar-refractivity contribution in [3.8, 4) is 10.4 Å². The maximum atomic E-state index is 12.8. The van der Waals surface area contributed by atoms with Crippen LogP contribution in [0.5, 0.6) is 0 Å². The molecule has 26 heavy (non-hydrogen) atoms. The van der Waals surface area contributed by atoms with Crippen LogP contribution in [-0.4, -0.2) is 23.1 Å². The highest BCUT2D eigenvalue weighted by Gasteiger charge is 2.34. The van der Waals surface area contributed by atoms with E-state index in [0.717, 1.165) is 46.4 Å². The lowest BCUT2D eigenvalue weighted by molar-refractivity contribution is -0.127. The Hall–Kier alpha value is -2.27. The van der Waals surface area contributed by atoms with Gasteiger partial charge in [-0.05, 0) is 61.4 Å². The SMILES string of the molecule is Cc1sc(-c2ccc(C(=O)O)cc2)cc1C(C=O)C(=O)C1CCC(C)C1. The fourth-order valence-electron chi connectivity index (χ4n) is 3.74. The van der Waals surface area contributed by atoms with Crippen LogP contribution in [0.1, 0.15) is 52.9 Å². The standard InChI is InChI=1S/C21H22O4S/c1-12-3-4-16(9-12)20(23)18(11-22)17-10-19(26-13(17)2)14-5-7-15(8-6-14)21(24)25/h5-8,10-12,16,18H,3-4,9H2,1-2H3,(H,24,25). The number of carboxylic acid groups (broad SMARTS) is 1. The van der Waals surface area contributed by atoms with Gasteiger partial charge in [0.1, 0.15) is 6.29 Å². The van der Waals surface area contributed by atoms with Crippen LogP contribution < -0.4 is 0 Å². The van der Waals surface area contributed by atoms with E-state index in [1.54, 1.807) is 24.3 Å². The number of rotatable bonds is 6. The van der Waals surface area contributed by atoms with Crippen LogP contribution in [0, 0.1) is 18.8 Å². The molecule has 0 radical (unpaired) electrons. The summed E-state index contributed by atoms with van der Waals surface area (Å²) in [6.07, 6.45) is 3.57. The van der Waals surface area contributed by atoms with Gasteiger partial charge in [-0.1, -0.05) is 19.1 Å². The number of benzene rings is 1. The highest BCUT2D eigenvalue weighted by molar-refractivity contribution is 7.15. The Bertz CT molecular complexity index is 834. The molecule has 1 aliphatic carbocycles. The van der Waals surface area contributed by atoms with E-state index >= 15 is 0 Å². The van der Waals surface area contributed by atoms with Crippen molar-refractivity contribution in [2.24, 2.45) is 11.8 Å². The Labute approximate surface area is 156 Å². The Morgan fingerprint density at radius 2 is 1.92 bits per heavy atom. The van der Waals surface area contributed by atoms with Gasteiger partial charge in [0, 0.05) is 15.7 Å². The van der Waals surface area contributed by atoms with E-state index in [-0.39, 0.29) is 17.3 Å². The number of aromatic carboxylic acids is 1. The molecule has 3 rings (SSSR count). The third-order valence-corrected chi connectivity index (χ3v) is 6.36. The van der Waals surface area contributed by atoms with E-state index in [2.05, 4.69) is 6.92 Å². The lowest BCUT2D eigenvalue weighted by atomic mass is 9.87. The van der Waals surface area contributed by atoms with Crippen LogP contribution in [0.2, 0.25) is 0 Å². The molecule has 2 aromatic rings. The van der Waals surface area contributed by atoms with Crippen LogP contribution in [0.4, 0.5) is 0 Å². The Kier molecular flexibility index (Phi) is 5.37. The molecular formula is C21H22O4S. The maximum Gasteiger partial charge on any atom is 0.335 e. The summed E-state index contributed by atoms with van der Waals surface area (Å²) >= 11 is 1.53. The van der Waals surface area contributed by atoms with E-state index in [9.17, 15) is 14.4 Å². The third kappa shape index (κ3) is 3.63. The predicted molar refractivity (Wildman–Crippen MR) is 102 cm³/mol. The van der Waals surface area contributed by atoms with E-state index in [4.69, 9.17) is 5.11 Å². The molecule has 0 spiro atoms. The minimum atomic E-state index is -0.961. The van der Waals surface area contributed by atoms with Crippen molar-refractivity contribution >= 4 is 29.4 Å². The summed E-state index contributed by atoms with van der Waals surface area (Å²) in [5, 5.41) is 9.01. The first-order valence-corrected chi connectivity index (χ1v) is 9.65. The number of ketones is 1. The second-order valence-electron chi connectivity index (χ2n) is 7.14. The van der Waals surface area contributed by atoms with Crippen LogP contribution in [-0.2, 0) is 9.59 Å². The van der Waals surface area contributed by atoms with Gasteiger partial charge >= 0.3 is 5.97 Å². The van der Waals surface area contributed by atoms with Crippen molar-refractivity contribution in [1.29, 1.82) is 0 Å². The summed E-state index contributed by atoms with van der Waals surface area (Å²) in [5.41, 5.74) is 1.91. The van der Waals surface area contributed by atoms with Crippen molar-refractivity contribution in [1.82, 2.24) is 0 Å². The highest BCUT2D eigenvalue weighted by Crippen LogP contribution is 2.38. The molecule has 0 amide bonds. The average molecular weight is 370 g/mol. The molecule has 0 aliphatic heterocycles. The monoisotopic (exact) mass is 370 g/mol. The molecule has 5 heteroatoms. The van der Waals surface area contributed by atoms with Crippen molar-refractivity contribution < 1.29 is 19.5 Å². The molecule has 1 aliphatic rings. The highest BCUT2D eigenvalue weighted by atomic mass is 32.1. The van der Waals surface area contributed by atoms with Crippen LogP contribution in [0.3, 0.4) is 0 Å². The Morgan fingerprint density at radius 1 is 1.23 bits per heavy atom. The molecular weight excluding hydrogens is 348 g/mol. The lowest BCUT2D eigenvalue weighted by Gasteiger charge is -2.14. The van der Waals surface area contributed by atoms with Gasteiger partial charge in [0.2, 0.25) is 0 Å². The van der Waals surface area contributed by atoms with Gasteiger partial charge in [-0.2, -0.15) is 0 Å². The zero-order chi connectivity index (χ0) is 18.8. The average Bonchev–Trinajstić information content (AvgIpc) is 3.22. The number of hydrogen-bond acceptors (Lipinski definition) is 4. The Balaban J connectivity index is 1.87. The molecule has 4 nitrogen and oxygen atoms in total. The number of aldehydes is 1. The first kappa shape index (κ1) is 18.5. The van der Waals surface area contributed by atoms with Crippen molar-refractivity contribution in [2.45, 2.75) is 39.0 Å². The molecule has 3 atom stereocenters. The summed E-state index contributed by atoms with van der Waals surface area (Å²) < 4.78 is 0. The van der Waals surface area contributed by atoms with Gasteiger partial charge in [-0.3, -0.25) is 4.79 Å². The van der Waals surface area contributed by atoms with Gasteiger partial charge in [-0.15, -0.1) is 11.3 Å². The quantitative estimate of drug-likeness (QED) is 0.590. The molecule has 1 heterocycles. The number of carbonyl (C=O) groups excluding carboxylic acids is 2. The van der Waals surface area contributed by atoms with Gasteiger partial charge in [0.15, 0.2) is 5.78 Å². The number of carbonyl (C=O) groups is 3. The summed E-state index contributed by atoms with van der Waals surface area (Å²) in [5.74, 6) is -1.09. The molecule has 1 N–H and O–H groups in total. The largest absolute Gasteiger partial charge is 0.478 e. The normalized spacial score (nSPS) is 20.7. The molecule has 1 aromatic carbocycles. The first-order valence-electron chi connectivity index (χ1n) is 8.83. The number of carboxylic acids is 1. The zero-order valence-electron chi connectivity index (χ0n) is 14.9. The van der Waals surface area contributed by atoms with E-state index in [1.807, 2.05) is 13.0 Å². The van der Waals surface area contributed by atoms with Gasteiger partial charge in [0.05, 0.1) is 11.5 Å². The molecule has 0 saturated heterocycles. The smallest absolute Gasteiger partial charge is 0.335 e. The van der Waals surface area contributed by atoms with Gasteiger partial charge in [-0.25, -0.2) is 4.79 Å². The molecule has 1 fully saturated rings. The van der Waals surface area contributed by atoms with Gasteiger partial charge < -0.3 is 9.90 Å². The van der Waals surface area contributed by atoms with E-state index < -0.39 is 11.9 Å². The summed E-state index contributed by atoms with van der Waals surface area (Å²) in [7, 11) is 0. The second-order valence-corrected chi connectivity index (χ2v) is 8.39. The van der Waals surface area contributed by atoms with Crippen molar-refractivity contribution in [2.75, 3.05) is 0 Å². The topological polar surface area (TPSA) is 71.4 Å². The third-order valence-electron chi connectivity index (χ3n) is 5.25. The van der Waals surface area contributed by atoms with Crippen LogP contribution in [0.25, 0.3) is 10.4 Å². The minimum absolute atomic E-state index is 0.0159. The van der Waals surface area contributed by atoms with Crippen molar-refractivity contribution in [3.05, 3.63) is 46.3 Å². The summed E-state index contributed by atoms with van der Waals surface area (Å²) in [4.78, 5) is 37.5. The van der Waals surface area contributed by atoms with Crippen LogP contribution in [0.15, 0.2) is 30.3 Å². The molecule has 0 bridgehead atoms. The summed E-state index contributed by atoms with van der Waals surface area (Å²) in [6, 6.07) is 8.55. The fraction of sp³-hybridized carbons (Fsp3) is 0.381. The van der Waals surface area contributed by atoms with E-state index in [1.165, 1.54) is 11.3 Å². The predicted octanol–water partition coefficient (Wildman–Crippen LogP) is 4.71. The number of thiophene rings is 1. The Morgan fingerprint density at radius 3 is 2.46 bits per heavy atom. The van der Waals surface area contributed by atoms with Crippen LogP contribution >= 0.6 is 11.3 Å². The maximum absolute atomic E-state index is 12.8. The number of Topliss-reactive ketones (excluding diaryl/α,β-unsaturated/α-hetero) is 1. The number of aryl methyl sites for hydroxylation is 1. The van der Waals surface area contributed by atoms with E-state index in [0.29, 0.717) is 5.92 Å². The fourth-order valence-corrected chi connectivity index (χ4v) is 4.81. The number of hydrogen-bond donors (Lipinski definition) is 1. The molecule has 1 aromatic heterocycles. The first-order chi connectivity index (χ1) is 12.4. The second kappa shape index (κ2) is 7.54. The molecule has 3 unspecified atom stereocenters. The lowest BCUT2D eigenvalue weighted by Crippen LogP contribution is -2.21. The van der Waals surface area contributed by atoms with Crippen molar-refractivity contribution in [3.63, 3.8) is 0 Å². The van der Waals surface area contributed by atoms with Gasteiger partial charge in [0.25, 0.3) is 0 Å². The summed E-state index contributed by atoms with van der Waals surface area (Å²) in [6.45, 7) is 4.08. The molecule has 1 saturated carbocycles. The minimum Gasteiger partial charge on any atom is -0.478 e. The molecule has 136 valence electrons. The zero-order valence-corrected chi connectivity index (χ0v) is 15.7.